The quantitative estimate of drug-likeness (QED) is 0.455. The van der Waals surface area contributed by atoms with Gasteiger partial charge in [0.05, 0.1) is 0 Å². The second-order valence-corrected chi connectivity index (χ2v) is 12.4. The van der Waals surface area contributed by atoms with Gasteiger partial charge >= 0.3 is 23.1 Å². The van der Waals surface area contributed by atoms with Crippen molar-refractivity contribution in [2.45, 2.75) is 105 Å². The zero-order chi connectivity index (χ0) is 23.7. The first-order chi connectivity index (χ1) is 13.3. The summed E-state index contributed by atoms with van der Waals surface area (Å²) in [5.41, 5.74) is 3.36. The first kappa shape index (κ1) is 29.8. The molecule has 2 rings (SSSR count). The van der Waals surface area contributed by atoms with Crippen LogP contribution in [0.2, 0.25) is 0 Å². The van der Waals surface area contributed by atoms with Crippen molar-refractivity contribution >= 4 is 23.1 Å². The Hall–Kier alpha value is -1.19. The third-order valence-electron chi connectivity index (χ3n) is 5.26. The van der Waals surface area contributed by atoms with Crippen LogP contribution >= 0.6 is 0 Å². The van der Waals surface area contributed by atoms with Crippen LogP contribution in [0.3, 0.4) is 0 Å². The van der Waals surface area contributed by atoms with Gasteiger partial charge in [-0.3, -0.25) is 0 Å². The number of benzene rings is 2. The Morgan fingerprint density at radius 3 is 0.710 bits per heavy atom. The normalized spacial score (nSPS) is 12.5. The molecule has 2 aromatic carbocycles. The number of rotatable bonds is 0. The van der Waals surface area contributed by atoms with E-state index in [-0.39, 0.29) is 56.2 Å². The fourth-order valence-electron chi connectivity index (χ4n) is 3.44. The summed E-state index contributed by atoms with van der Waals surface area (Å²) in [6.45, 7) is 25.0. The molecule has 0 fully saturated rings. The first-order valence-electron chi connectivity index (χ1n) is 10.9. The van der Waals surface area contributed by atoms with Gasteiger partial charge in [-0.25, -0.2) is 0 Å². The van der Waals surface area contributed by atoms with E-state index in [9.17, 15) is 10.2 Å². The molecule has 0 bridgehead atoms. The molecule has 0 aliphatic heterocycles. The van der Waals surface area contributed by atoms with Crippen molar-refractivity contribution in [1.82, 2.24) is 0 Å². The average Bonchev–Trinajstić information content (AvgIpc) is 2.51. The Morgan fingerprint density at radius 1 is 0.419 bits per heavy atom. The van der Waals surface area contributed by atoms with Crippen molar-refractivity contribution in [2.75, 3.05) is 0 Å². The van der Waals surface area contributed by atoms with E-state index < -0.39 is 0 Å². The van der Waals surface area contributed by atoms with E-state index in [0.29, 0.717) is 0 Å². The van der Waals surface area contributed by atoms with Crippen LogP contribution in [-0.2, 0) is 21.7 Å². The van der Waals surface area contributed by atoms with Gasteiger partial charge in [0.2, 0.25) is 0 Å². The van der Waals surface area contributed by atoms with Crippen LogP contribution in [-0.4, -0.2) is 23.1 Å². The zero-order valence-electron chi connectivity index (χ0n) is 22.0. The Labute approximate surface area is 207 Å². The maximum atomic E-state index is 12.3. The van der Waals surface area contributed by atoms with Gasteiger partial charge in [0, 0.05) is 0 Å². The summed E-state index contributed by atoms with van der Waals surface area (Å²) in [5.74, 6) is 0.412. The van der Waals surface area contributed by atoms with Crippen LogP contribution in [0, 0.1) is 0 Å². The van der Waals surface area contributed by atoms with Crippen molar-refractivity contribution in [3.05, 3.63) is 58.7 Å². The largest absolute Gasteiger partial charge is 2.00 e. The standard InChI is InChI=1S/2C14H22O.Mg/c2*1-13(2,3)10-8-7-9-11(12(10)15)14(4,5)6;/h2*7-9,15H,1-6H3;/q;;+2/p-2. The van der Waals surface area contributed by atoms with E-state index in [1.807, 2.05) is 36.4 Å². The van der Waals surface area contributed by atoms with Crippen LogP contribution in [0.4, 0.5) is 0 Å². The second kappa shape index (κ2) is 10.2. The molecule has 0 amide bonds. The summed E-state index contributed by atoms with van der Waals surface area (Å²) in [6, 6.07) is 11.7. The van der Waals surface area contributed by atoms with Gasteiger partial charge in [-0.2, -0.15) is 0 Å². The zero-order valence-corrected chi connectivity index (χ0v) is 23.4. The molecule has 0 unspecified atom stereocenters. The third-order valence-corrected chi connectivity index (χ3v) is 5.26. The molecule has 0 saturated carbocycles. The van der Waals surface area contributed by atoms with Crippen LogP contribution in [0.5, 0.6) is 11.5 Å². The SMILES string of the molecule is CC(C)(C)c1cccc(C(C)(C)C)c1[O-].CC(C)(C)c1cccc(C(C)(C)C)c1[O-].[Mg+2]. The van der Waals surface area contributed by atoms with Gasteiger partial charge in [-0.05, 0) is 21.7 Å². The Balaban J connectivity index is 0.000000562. The number of para-hydroxylation sites is 2. The minimum Gasteiger partial charge on any atom is -0.872 e. The summed E-state index contributed by atoms with van der Waals surface area (Å²) >= 11 is 0. The Morgan fingerprint density at radius 2 is 0.581 bits per heavy atom. The van der Waals surface area contributed by atoms with Crippen LogP contribution in [0.1, 0.15) is 105 Å². The van der Waals surface area contributed by atoms with E-state index in [0.717, 1.165) is 22.3 Å². The predicted octanol–water partition coefficient (Wildman–Crippen LogP) is 6.33. The predicted molar refractivity (Wildman–Crippen MR) is 132 cm³/mol. The number of hydrogen-bond donors (Lipinski definition) is 0. The molecule has 0 heterocycles. The molecule has 0 aromatic heterocycles. The molecule has 0 spiro atoms. The average molecular weight is 435 g/mol. The molecule has 3 heteroatoms. The molecular weight excluding hydrogens is 393 g/mol. The van der Waals surface area contributed by atoms with Gasteiger partial charge in [0.1, 0.15) is 0 Å². The first-order valence-corrected chi connectivity index (χ1v) is 10.9. The second-order valence-electron chi connectivity index (χ2n) is 12.4. The van der Waals surface area contributed by atoms with E-state index in [2.05, 4.69) is 83.1 Å². The van der Waals surface area contributed by atoms with E-state index >= 15 is 0 Å². The van der Waals surface area contributed by atoms with Gasteiger partial charge in [-0.1, -0.05) is 142 Å². The number of hydrogen-bond acceptors (Lipinski definition) is 2. The Kier molecular flexibility index (Phi) is 9.77. The van der Waals surface area contributed by atoms with Crippen molar-refractivity contribution < 1.29 is 10.2 Å². The fourth-order valence-corrected chi connectivity index (χ4v) is 3.44. The van der Waals surface area contributed by atoms with E-state index in [1.54, 1.807) is 0 Å². The molecule has 168 valence electrons. The molecule has 0 N–H and O–H groups in total. The van der Waals surface area contributed by atoms with Gasteiger partial charge in [0.15, 0.2) is 0 Å². The van der Waals surface area contributed by atoms with Crippen LogP contribution in [0.15, 0.2) is 36.4 Å². The molecule has 0 atom stereocenters. The van der Waals surface area contributed by atoms with Gasteiger partial charge in [0.25, 0.3) is 0 Å². The van der Waals surface area contributed by atoms with Gasteiger partial charge < -0.3 is 10.2 Å². The molecule has 0 aliphatic rings. The fraction of sp³-hybridized carbons (Fsp3) is 0.571. The summed E-state index contributed by atoms with van der Waals surface area (Å²) in [5, 5.41) is 24.5. The third kappa shape index (κ3) is 8.02. The Bertz CT molecular complexity index is 717. The minimum absolute atomic E-state index is 0. The maximum absolute atomic E-state index is 12.3. The molecule has 2 aromatic rings. The smallest absolute Gasteiger partial charge is 0.872 e. The van der Waals surface area contributed by atoms with Crippen molar-refractivity contribution in [3.63, 3.8) is 0 Å². The molecule has 2 nitrogen and oxygen atoms in total. The molecule has 0 radical (unpaired) electrons. The minimum atomic E-state index is -0.0711. The van der Waals surface area contributed by atoms with Crippen molar-refractivity contribution in [3.8, 4) is 11.5 Å². The van der Waals surface area contributed by atoms with Crippen LogP contribution in [0.25, 0.3) is 0 Å². The van der Waals surface area contributed by atoms with Crippen molar-refractivity contribution in [2.24, 2.45) is 0 Å². The van der Waals surface area contributed by atoms with Gasteiger partial charge in [-0.15, -0.1) is 11.5 Å². The summed E-state index contributed by atoms with van der Waals surface area (Å²) in [7, 11) is 0. The monoisotopic (exact) mass is 434 g/mol. The maximum Gasteiger partial charge on any atom is 2.00 e. The molecule has 0 saturated heterocycles. The molecule has 31 heavy (non-hydrogen) atoms. The molecule has 0 aliphatic carbocycles. The van der Waals surface area contributed by atoms with Crippen LogP contribution < -0.4 is 10.2 Å². The summed E-state index contributed by atoms with van der Waals surface area (Å²) in [6.07, 6.45) is 0. The topological polar surface area (TPSA) is 46.1 Å². The molecular formula is C28H42MgO2. The van der Waals surface area contributed by atoms with Crippen molar-refractivity contribution in [1.29, 1.82) is 0 Å². The van der Waals surface area contributed by atoms with E-state index in [1.165, 1.54) is 0 Å². The van der Waals surface area contributed by atoms with E-state index in [4.69, 9.17) is 0 Å². The summed E-state index contributed by atoms with van der Waals surface area (Å²) < 4.78 is 0. The summed E-state index contributed by atoms with van der Waals surface area (Å²) in [4.78, 5) is 0.